The van der Waals surface area contributed by atoms with Crippen LogP contribution >= 0.6 is 0 Å². The molecule has 1 fully saturated rings. The second-order valence-electron chi connectivity index (χ2n) is 12.1. The van der Waals surface area contributed by atoms with Gasteiger partial charge in [-0.3, -0.25) is 19.6 Å². The van der Waals surface area contributed by atoms with Crippen LogP contribution in [-0.4, -0.2) is 82.0 Å². The fraction of sp³-hybridized carbons (Fsp3) is 0.344. The highest BCUT2D eigenvalue weighted by molar-refractivity contribution is 7.85. The molecule has 0 saturated carbocycles. The Kier molecular flexibility index (Phi) is 10.6. The van der Waals surface area contributed by atoms with Crippen LogP contribution in [0.3, 0.4) is 0 Å². The van der Waals surface area contributed by atoms with Crippen LogP contribution < -0.4 is 15.5 Å². The van der Waals surface area contributed by atoms with Crippen LogP contribution in [0, 0.1) is 19.7 Å². The highest BCUT2D eigenvalue weighted by Gasteiger charge is 2.25. The summed E-state index contributed by atoms with van der Waals surface area (Å²) in [6, 6.07) is 14.9. The van der Waals surface area contributed by atoms with Crippen LogP contribution in [-0.2, 0) is 15.5 Å². The minimum Gasteiger partial charge on any atom is -0.353 e. The van der Waals surface area contributed by atoms with E-state index in [0.717, 1.165) is 22.9 Å². The van der Waals surface area contributed by atoms with Crippen molar-refractivity contribution in [3.63, 3.8) is 0 Å². The van der Waals surface area contributed by atoms with Gasteiger partial charge in [-0.25, -0.2) is 18.9 Å². The Bertz CT molecular complexity index is 1840. The minimum absolute atomic E-state index is 0.0850. The third-order valence-electron chi connectivity index (χ3n) is 7.17. The average molecular weight is 667 g/mol. The second kappa shape index (κ2) is 14.3. The lowest BCUT2D eigenvalue weighted by Crippen LogP contribution is -2.49. The number of aryl methyl sites for hydroxylation is 2. The maximum absolute atomic E-state index is 14.1. The molecule has 3 amide bonds. The van der Waals surface area contributed by atoms with Gasteiger partial charge >= 0.3 is 6.03 Å². The number of nitrogens with zero attached hydrogens (tertiary/aromatic N) is 6. The molecule has 0 atom stereocenters. The Morgan fingerprint density at radius 1 is 0.957 bits per heavy atom. The van der Waals surface area contributed by atoms with Gasteiger partial charge in [-0.15, -0.1) is 0 Å². The summed E-state index contributed by atoms with van der Waals surface area (Å²) in [7, 11) is -3.67. The molecule has 0 spiro atoms. The number of nitrogens with one attached hydrogen (secondary N) is 2. The summed E-state index contributed by atoms with van der Waals surface area (Å²) in [6.45, 7) is 12.0. The minimum atomic E-state index is -3.67. The molecule has 3 N–H and O–H groups in total. The molecule has 0 aliphatic carbocycles. The lowest BCUT2D eigenvalue weighted by molar-refractivity contribution is 0.0741. The number of carbonyl (C=O) groups excluding carboxylic acids is 2. The lowest BCUT2D eigenvalue weighted by Gasteiger charge is -2.35. The van der Waals surface area contributed by atoms with E-state index in [1.807, 2.05) is 44.2 Å². The van der Waals surface area contributed by atoms with Crippen molar-refractivity contribution in [3.8, 4) is 5.69 Å². The largest absolute Gasteiger partial charge is 0.353 e. The van der Waals surface area contributed by atoms with Gasteiger partial charge in [-0.1, -0.05) is 32.9 Å². The standard InChI is InChI=1S/C31H35FN8O2.CH4O3S/c1-20-10-11-22(19-33-20)40-28(18-26(37-40)31(3,4)5)36-30(42)35-25-12-13-27(34-21(25)2)38-14-16-39(17-15-38)29(41)23-8-6-7-9-24(23)32;1-5(2,3)4/h6-13,18-19H,14-17H2,1-5H3,(H2,35,36,42);1H3,(H,2,3,4). The van der Waals surface area contributed by atoms with E-state index in [1.54, 1.807) is 27.9 Å². The molecular weight excluding hydrogens is 627 g/mol. The molecule has 1 saturated heterocycles. The Balaban J connectivity index is 0.000000930. The zero-order chi connectivity index (χ0) is 34.5. The van der Waals surface area contributed by atoms with Gasteiger partial charge in [0, 0.05) is 43.4 Å². The van der Waals surface area contributed by atoms with E-state index in [2.05, 4.69) is 41.3 Å². The van der Waals surface area contributed by atoms with Gasteiger partial charge in [-0.2, -0.15) is 13.5 Å². The van der Waals surface area contributed by atoms with Crippen molar-refractivity contribution in [2.45, 2.75) is 40.0 Å². The number of piperazine rings is 1. The summed E-state index contributed by atoms with van der Waals surface area (Å²) in [5.74, 6) is 0.446. The van der Waals surface area contributed by atoms with E-state index >= 15 is 0 Å². The van der Waals surface area contributed by atoms with Gasteiger partial charge in [0.1, 0.15) is 17.5 Å². The summed E-state index contributed by atoms with van der Waals surface area (Å²) >= 11 is 0. The normalized spacial score (nSPS) is 13.4. The van der Waals surface area contributed by atoms with Crippen LogP contribution in [0.4, 0.5) is 26.5 Å². The van der Waals surface area contributed by atoms with Crippen molar-refractivity contribution in [1.29, 1.82) is 0 Å². The topological polar surface area (TPSA) is 163 Å². The van der Waals surface area contributed by atoms with Gasteiger partial charge < -0.3 is 15.1 Å². The predicted molar refractivity (Wildman–Crippen MR) is 178 cm³/mol. The van der Waals surface area contributed by atoms with Gasteiger partial charge in [0.2, 0.25) is 0 Å². The first-order chi connectivity index (χ1) is 22.0. The number of benzene rings is 1. The molecule has 4 heterocycles. The van der Waals surface area contributed by atoms with Crippen LogP contribution in [0.25, 0.3) is 5.69 Å². The van der Waals surface area contributed by atoms with Crippen molar-refractivity contribution < 1.29 is 27.0 Å². The van der Waals surface area contributed by atoms with Crippen molar-refractivity contribution in [2.75, 3.05) is 48.0 Å². The smallest absolute Gasteiger partial charge is 0.324 e. The molecule has 5 rings (SSSR count). The molecule has 0 radical (unpaired) electrons. The predicted octanol–water partition coefficient (Wildman–Crippen LogP) is 4.83. The van der Waals surface area contributed by atoms with E-state index in [4.69, 9.17) is 14.6 Å². The van der Waals surface area contributed by atoms with Crippen molar-refractivity contribution in [1.82, 2.24) is 24.6 Å². The first-order valence-electron chi connectivity index (χ1n) is 14.8. The van der Waals surface area contributed by atoms with E-state index in [0.29, 0.717) is 49.6 Å². The number of urea groups is 1. The molecule has 250 valence electrons. The summed E-state index contributed by atoms with van der Waals surface area (Å²) in [4.78, 5) is 38.6. The van der Waals surface area contributed by atoms with Crippen LogP contribution in [0.15, 0.2) is 60.8 Å². The molecule has 4 aromatic rings. The first-order valence-corrected chi connectivity index (χ1v) is 16.6. The van der Waals surface area contributed by atoms with Crippen molar-refractivity contribution in [2.24, 2.45) is 0 Å². The molecule has 47 heavy (non-hydrogen) atoms. The highest BCUT2D eigenvalue weighted by Crippen LogP contribution is 2.27. The van der Waals surface area contributed by atoms with Gasteiger partial charge in [-0.05, 0) is 50.2 Å². The highest BCUT2D eigenvalue weighted by atomic mass is 32.2. The first kappa shape index (κ1) is 35.0. The van der Waals surface area contributed by atoms with E-state index in [-0.39, 0.29) is 16.9 Å². The maximum atomic E-state index is 14.1. The van der Waals surface area contributed by atoms with Crippen molar-refractivity contribution in [3.05, 3.63) is 89.3 Å². The third kappa shape index (κ3) is 9.56. The number of carbonyl (C=O) groups is 2. The fourth-order valence-electron chi connectivity index (χ4n) is 4.69. The Labute approximate surface area is 273 Å². The van der Waals surface area contributed by atoms with Gasteiger partial charge in [0.25, 0.3) is 16.0 Å². The van der Waals surface area contributed by atoms with Crippen LogP contribution in [0.1, 0.15) is 48.2 Å². The van der Waals surface area contributed by atoms with E-state index in [9.17, 15) is 22.4 Å². The Morgan fingerprint density at radius 3 is 2.19 bits per heavy atom. The Hall–Kier alpha value is -4.89. The van der Waals surface area contributed by atoms with Gasteiger partial charge in [0.05, 0.1) is 40.8 Å². The number of pyridine rings is 2. The Morgan fingerprint density at radius 2 is 1.62 bits per heavy atom. The molecule has 0 unspecified atom stereocenters. The number of anilines is 3. The molecular formula is C32H39FN8O5S. The fourth-order valence-corrected chi connectivity index (χ4v) is 4.69. The van der Waals surface area contributed by atoms with Crippen LogP contribution in [0.2, 0.25) is 0 Å². The van der Waals surface area contributed by atoms with E-state index < -0.39 is 22.0 Å². The molecule has 1 aliphatic rings. The zero-order valence-electron chi connectivity index (χ0n) is 27.2. The number of halogens is 1. The SMILES string of the molecule is CS(=O)(=O)O.Cc1ccc(-n2nc(C(C)(C)C)cc2NC(=O)Nc2ccc(N3CCN(C(=O)c4ccccc4F)CC3)nc2C)cn1. The number of amides is 3. The molecule has 0 bridgehead atoms. The molecule has 3 aromatic heterocycles. The number of hydrogen-bond acceptors (Lipinski definition) is 8. The summed E-state index contributed by atoms with van der Waals surface area (Å²) < 4.78 is 41.6. The summed E-state index contributed by atoms with van der Waals surface area (Å²) in [5, 5.41) is 10.6. The van der Waals surface area contributed by atoms with Gasteiger partial charge in [0.15, 0.2) is 0 Å². The zero-order valence-corrected chi connectivity index (χ0v) is 28.0. The van der Waals surface area contributed by atoms with Crippen LogP contribution in [0.5, 0.6) is 0 Å². The molecule has 1 aliphatic heterocycles. The third-order valence-corrected chi connectivity index (χ3v) is 7.17. The number of hydrogen-bond donors (Lipinski definition) is 3. The molecule has 13 nitrogen and oxygen atoms in total. The monoisotopic (exact) mass is 666 g/mol. The lowest BCUT2D eigenvalue weighted by atomic mass is 9.92. The number of aromatic nitrogens is 4. The summed E-state index contributed by atoms with van der Waals surface area (Å²) in [6.07, 6.45) is 2.44. The average Bonchev–Trinajstić information content (AvgIpc) is 3.42. The second-order valence-corrected chi connectivity index (χ2v) is 13.6. The summed E-state index contributed by atoms with van der Waals surface area (Å²) in [5.41, 5.74) is 3.55. The molecule has 15 heteroatoms. The quantitative estimate of drug-likeness (QED) is 0.253. The molecule has 1 aromatic carbocycles. The van der Waals surface area contributed by atoms with Crippen molar-refractivity contribution >= 4 is 39.4 Å². The van der Waals surface area contributed by atoms with E-state index in [1.165, 1.54) is 12.1 Å². The number of rotatable bonds is 5. The maximum Gasteiger partial charge on any atom is 0.324 e.